The molecule has 8 heteroatoms. The van der Waals surface area contributed by atoms with E-state index in [1.807, 2.05) is 0 Å². The first kappa shape index (κ1) is 19.9. The summed E-state index contributed by atoms with van der Waals surface area (Å²) in [5.74, 6) is -2.08. The molecule has 0 rings (SSSR count). The van der Waals surface area contributed by atoms with E-state index in [4.69, 9.17) is 9.47 Å². The van der Waals surface area contributed by atoms with Gasteiger partial charge in [-0.15, -0.1) is 0 Å². The van der Waals surface area contributed by atoms with E-state index in [2.05, 4.69) is 9.47 Å². The molecule has 0 saturated heterocycles. The van der Waals surface area contributed by atoms with Crippen LogP contribution in [0.3, 0.4) is 0 Å². The lowest BCUT2D eigenvalue weighted by Gasteiger charge is -2.06. The quantitative estimate of drug-likeness (QED) is 0.312. The molecule has 0 fully saturated rings. The summed E-state index contributed by atoms with van der Waals surface area (Å²) in [4.78, 5) is 44.5. The number of carbonyl (C=O) groups is 4. The van der Waals surface area contributed by atoms with Gasteiger partial charge in [-0.2, -0.15) is 0 Å². The van der Waals surface area contributed by atoms with E-state index in [1.54, 1.807) is 13.8 Å². The molecule has 0 heterocycles. The van der Waals surface area contributed by atoms with Crippen molar-refractivity contribution in [2.45, 2.75) is 39.5 Å². The first-order valence-corrected chi connectivity index (χ1v) is 7.12. The van der Waals surface area contributed by atoms with Gasteiger partial charge in [0.15, 0.2) is 0 Å². The zero-order valence-corrected chi connectivity index (χ0v) is 12.9. The van der Waals surface area contributed by atoms with Gasteiger partial charge in [0, 0.05) is 0 Å². The molecule has 0 unspecified atom stereocenters. The van der Waals surface area contributed by atoms with Crippen LogP contribution < -0.4 is 0 Å². The Morgan fingerprint density at radius 1 is 0.545 bits per heavy atom. The molecule has 0 aromatic rings. The molecular weight excluding hydrogens is 296 g/mol. The second-order valence-corrected chi connectivity index (χ2v) is 4.05. The van der Waals surface area contributed by atoms with E-state index in [0.717, 1.165) is 0 Å². The summed E-state index contributed by atoms with van der Waals surface area (Å²) < 4.78 is 18.9. The Balaban J connectivity index is 3.58. The second-order valence-electron chi connectivity index (χ2n) is 4.05. The van der Waals surface area contributed by atoms with Crippen molar-refractivity contribution >= 4 is 23.9 Å². The maximum Gasteiger partial charge on any atom is 0.306 e. The van der Waals surface area contributed by atoms with Crippen LogP contribution in [0.2, 0.25) is 0 Å². The number of rotatable bonds is 11. The number of hydrogen-bond donors (Lipinski definition) is 0. The molecular formula is C14H22O8. The third-order valence-electron chi connectivity index (χ3n) is 2.29. The zero-order valence-electron chi connectivity index (χ0n) is 12.9. The van der Waals surface area contributed by atoms with Crippen molar-refractivity contribution in [2.24, 2.45) is 0 Å². The minimum atomic E-state index is -0.573. The van der Waals surface area contributed by atoms with E-state index >= 15 is 0 Å². The molecule has 0 aromatic carbocycles. The highest BCUT2D eigenvalue weighted by Crippen LogP contribution is 1.98. The van der Waals surface area contributed by atoms with E-state index in [-0.39, 0.29) is 52.1 Å². The van der Waals surface area contributed by atoms with Crippen LogP contribution in [-0.2, 0) is 38.1 Å². The monoisotopic (exact) mass is 318 g/mol. The van der Waals surface area contributed by atoms with Gasteiger partial charge < -0.3 is 18.9 Å². The van der Waals surface area contributed by atoms with Crippen LogP contribution >= 0.6 is 0 Å². The number of carbonyl (C=O) groups excluding carboxylic acids is 4. The van der Waals surface area contributed by atoms with Crippen molar-refractivity contribution in [3.8, 4) is 0 Å². The Hall–Kier alpha value is -2.12. The van der Waals surface area contributed by atoms with Crippen molar-refractivity contribution < 1.29 is 38.1 Å². The lowest BCUT2D eigenvalue weighted by atomic mass is 10.3. The zero-order chi connectivity index (χ0) is 16.8. The Morgan fingerprint density at radius 3 is 1.09 bits per heavy atom. The Morgan fingerprint density at radius 2 is 0.818 bits per heavy atom. The lowest BCUT2D eigenvalue weighted by Crippen LogP contribution is -2.16. The average molecular weight is 318 g/mol. The van der Waals surface area contributed by atoms with Crippen LogP contribution in [0, 0.1) is 0 Å². The molecule has 0 aliphatic rings. The van der Waals surface area contributed by atoms with Crippen molar-refractivity contribution in [2.75, 3.05) is 26.4 Å². The Labute approximate surface area is 129 Å². The fourth-order valence-electron chi connectivity index (χ4n) is 1.33. The molecule has 0 aromatic heterocycles. The van der Waals surface area contributed by atoms with Crippen molar-refractivity contribution in [1.82, 2.24) is 0 Å². The van der Waals surface area contributed by atoms with E-state index in [1.165, 1.54) is 0 Å². The summed E-state index contributed by atoms with van der Waals surface area (Å²) in [6, 6.07) is 0. The summed E-state index contributed by atoms with van der Waals surface area (Å²) in [6.45, 7) is 3.66. The summed E-state index contributed by atoms with van der Waals surface area (Å²) in [7, 11) is 0. The molecule has 0 aliphatic heterocycles. The van der Waals surface area contributed by atoms with Crippen molar-refractivity contribution in [3.63, 3.8) is 0 Å². The van der Waals surface area contributed by atoms with Crippen molar-refractivity contribution in [1.29, 1.82) is 0 Å². The van der Waals surface area contributed by atoms with Gasteiger partial charge in [-0.3, -0.25) is 19.2 Å². The molecule has 0 aliphatic carbocycles. The van der Waals surface area contributed by atoms with Gasteiger partial charge >= 0.3 is 23.9 Å². The summed E-state index contributed by atoms with van der Waals surface area (Å²) >= 11 is 0. The Kier molecular flexibility index (Phi) is 11.4. The highest BCUT2D eigenvalue weighted by Gasteiger charge is 2.10. The number of ether oxygens (including phenoxy) is 4. The van der Waals surface area contributed by atoms with Crippen LogP contribution in [0.25, 0.3) is 0 Å². The fraction of sp³-hybridized carbons (Fsp3) is 0.714. The maximum atomic E-state index is 11.3. The van der Waals surface area contributed by atoms with Gasteiger partial charge in [0.1, 0.15) is 13.2 Å². The largest absolute Gasteiger partial charge is 0.466 e. The number of esters is 4. The normalized spacial score (nSPS) is 9.73. The minimum Gasteiger partial charge on any atom is -0.466 e. The summed E-state index contributed by atoms with van der Waals surface area (Å²) in [6.07, 6.45) is -0.275. The highest BCUT2D eigenvalue weighted by atomic mass is 16.6. The van der Waals surface area contributed by atoms with Gasteiger partial charge in [0.25, 0.3) is 0 Å². The molecule has 126 valence electrons. The molecule has 0 radical (unpaired) electrons. The minimum absolute atomic E-state index is 0.0496. The van der Waals surface area contributed by atoms with Gasteiger partial charge in [0.2, 0.25) is 0 Å². The number of hydrogen-bond acceptors (Lipinski definition) is 8. The first-order valence-electron chi connectivity index (χ1n) is 7.12. The van der Waals surface area contributed by atoms with Crippen molar-refractivity contribution in [3.05, 3.63) is 0 Å². The summed E-state index contributed by atoms with van der Waals surface area (Å²) in [5.41, 5.74) is 0. The Bertz CT molecular complexity index is 341. The standard InChI is InChI=1S/C14H22O8/c1-3-19-11(15)5-7-13(17)21-9-10-22-14(18)8-6-12(16)20-4-2/h3-10H2,1-2H3. The molecule has 8 nitrogen and oxygen atoms in total. The third kappa shape index (κ3) is 11.7. The predicted octanol–water partition coefficient (Wildman–Crippen LogP) is 0.759. The average Bonchev–Trinajstić information content (AvgIpc) is 2.48. The lowest BCUT2D eigenvalue weighted by molar-refractivity contribution is -0.155. The van der Waals surface area contributed by atoms with Gasteiger partial charge in [-0.25, -0.2) is 0 Å². The summed E-state index contributed by atoms with van der Waals surface area (Å²) in [5, 5.41) is 0. The van der Waals surface area contributed by atoms with Crippen LogP contribution in [0.15, 0.2) is 0 Å². The molecule has 0 atom stereocenters. The molecule has 0 amide bonds. The van der Waals surface area contributed by atoms with E-state index in [9.17, 15) is 19.2 Å². The SMILES string of the molecule is CCOC(=O)CCC(=O)OCCOC(=O)CCC(=O)OCC. The second kappa shape index (κ2) is 12.6. The molecule has 0 saturated carbocycles. The van der Waals surface area contributed by atoms with Crippen LogP contribution in [0.1, 0.15) is 39.5 Å². The molecule has 0 N–H and O–H groups in total. The first-order chi connectivity index (χ1) is 10.5. The van der Waals surface area contributed by atoms with Crippen LogP contribution in [0.4, 0.5) is 0 Å². The van der Waals surface area contributed by atoms with Crippen LogP contribution in [-0.4, -0.2) is 50.3 Å². The van der Waals surface area contributed by atoms with Gasteiger partial charge in [0.05, 0.1) is 38.9 Å². The third-order valence-corrected chi connectivity index (χ3v) is 2.29. The predicted molar refractivity (Wildman–Crippen MR) is 73.7 cm³/mol. The highest BCUT2D eigenvalue weighted by molar-refractivity contribution is 5.78. The molecule has 0 bridgehead atoms. The van der Waals surface area contributed by atoms with Gasteiger partial charge in [-0.05, 0) is 13.8 Å². The topological polar surface area (TPSA) is 105 Å². The fourth-order valence-corrected chi connectivity index (χ4v) is 1.33. The van der Waals surface area contributed by atoms with E-state index < -0.39 is 23.9 Å². The molecule has 0 spiro atoms. The van der Waals surface area contributed by atoms with Crippen LogP contribution in [0.5, 0.6) is 0 Å². The van der Waals surface area contributed by atoms with Gasteiger partial charge in [-0.1, -0.05) is 0 Å². The van der Waals surface area contributed by atoms with E-state index in [0.29, 0.717) is 0 Å². The molecule has 22 heavy (non-hydrogen) atoms. The smallest absolute Gasteiger partial charge is 0.306 e. The maximum absolute atomic E-state index is 11.3.